The molecule has 2 N–H and O–H groups in total. The van der Waals surface area contributed by atoms with Gasteiger partial charge in [-0.15, -0.1) is 0 Å². The molecule has 0 fully saturated rings. The molecule has 0 saturated heterocycles. The van der Waals surface area contributed by atoms with Crippen LogP contribution in [0.5, 0.6) is 0 Å². The van der Waals surface area contributed by atoms with Gasteiger partial charge in [-0.25, -0.2) is 0 Å². The molecule has 0 amide bonds. The van der Waals surface area contributed by atoms with Crippen LogP contribution in [0.25, 0.3) is 0 Å². The second-order valence-electron chi connectivity index (χ2n) is 6.75. The smallest absolute Gasteiger partial charge is 0.198 e. The molecule has 0 spiro atoms. The fourth-order valence-corrected chi connectivity index (χ4v) is 2.87. The van der Waals surface area contributed by atoms with E-state index < -0.39 is 11.5 Å². The van der Waals surface area contributed by atoms with E-state index in [2.05, 4.69) is 6.08 Å². The number of hydrogen-bond donors (Lipinski definition) is 2. The zero-order valence-corrected chi connectivity index (χ0v) is 13.4. The maximum absolute atomic E-state index is 10.7. The van der Waals surface area contributed by atoms with E-state index in [1.165, 1.54) is 5.57 Å². The topological polar surface area (TPSA) is 91.7 Å². The fraction of sp³-hybridized carbons (Fsp3) is 0.588. The maximum atomic E-state index is 10.7. The van der Waals surface area contributed by atoms with Gasteiger partial charge in [-0.3, -0.25) is 5.41 Å². The van der Waals surface area contributed by atoms with Gasteiger partial charge in [-0.2, -0.15) is 10.5 Å². The Morgan fingerprint density at radius 2 is 2.05 bits per heavy atom. The first-order valence-corrected chi connectivity index (χ1v) is 7.06. The lowest BCUT2D eigenvalue weighted by molar-refractivity contribution is 0.0256. The predicted molar refractivity (Wildman–Crippen MR) is 82.5 cm³/mol. The monoisotopic (exact) mass is 285 g/mol. The average Bonchev–Trinajstić information content (AvgIpc) is 2.41. The largest absolute Gasteiger partial charge is 0.370 e. The SMILES string of the molecule is CC(C)=CCC(C)(C)C1CC(C)=C(C#N)C(=N)C1(O)C#N. The van der Waals surface area contributed by atoms with Crippen molar-refractivity contribution in [3.8, 4) is 12.1 Å². The van der Waals surface area contributed by atoms with Crippen LogP contribution >= 0.6 is 0 Å². The van der Waals surface area contributed by atoms with Crippen molar-refractivity contribution in [3.05, 3.63) is 22.8 Å². The molecular formula is C17H23N3O. The van der Waals surface area contributed by atoms with Gasteiger partial charge in [0.1, 0.15) is 12.1 Å². The highest BCUT2D eigenvalue weighted by atomic mass is 16.3. The maximum Gasteiger partial charge on any atom is 0.198 e. The van der Waals surface area contributed by atoms with Crippen LogP contribution in [-0.2, 0) is 0 Å². The summed E-state index contributed by atoms with van der Waals surface area (Å²) in [5, 5.41) is 37.4. The molecule has 21 heavy (non-hydrogen) atoms. The van der Waals surface area contributed by atoms with Crippen molar-refractivity contribution in [2.75, 3.05) is 0 Å². The van der Waals surface area contributed by atoms with Gasteiger partial charge in [-0.1, -0.05) is 31.1 Å². The van der Waals surface area contributed by atoms with Crippen molar-refractivity contribution in [2.24, 2.45) is 11.3 Å². The van der Waals surface area contributed by atoms with E-state index in [9.17, 15) is 10.4 Å². The van der Waals surface area contributed by atoms with Crippen molar-refractivity contribution in [3.63, 3.8) is 0 Å². The molecule has 0 aromatic carbocycles. The molecule has 2 atom stereocenters. The van der Waals surface area contributed by atoms with Gasteiger partial charge in [0.25, 0.3) is 0 Å². The quantitative estimate of drug-likeness (QED) is 0.614. The minimum atomic E-state index is -1.90. The van der Waals surface area contributed by atoms with Crippen LogP contribution < -0.4 is 0 Å². The van der Waals surface area contributed by atoms with E-state index in [0.29, 0.717) is 12.8 Å². The van der Waals surface area contributed by atoms with E-state index in [0.717, 1.165) is 5.57 Å². The van der Waals surface area contributed by atoms with Gasteiger partial charge in [0.05, 0.1) is 11.3 Å². The lowest BCUT2D eigenvalue weighted by atomic mass is 9.60. The summed E-state index contributed by atoms with van der Waals surface area (Å²) in [6, 6.07) is 3.83. The summed E-state index contributed by atoms with van der Waals surface area (Å²) in [5.74, 6) is -0.407. The van der Waals surface area contributed by atoms with Crippen LogP contribution in [0.3, 0.4) is 0 Å². The Morgan fingerprint density at radius 3 is 2.48 bits per heavy atom. The van der Waals surface area contributed by atoms with Gasteiger partial charge < -0.3 is 5.11 Å². The van der Waals surface area contributed by atoms with Gasteiger partial charge in [0.2, 0.25) is 0 Å². The third-order valence-corrected chi connectivity index (χ3v) is 4.33. The number of nitrogens with zero attached hydrogens (tertiary/aromatic N) is 2. The molecule has 0 heterocycles. The third-order valence-electron chi connectivity index (χ3n) is 4.33. The average molecular weight is 285 g/mol. The van der Waals surface area contributed by atoms with Gasteiger partial charge >= 0.3 is 0 Å². The summed E-state index contributed by atoms with van der Waals surface area (Å²) in [7, 11) is 0. The molecule has 0 bridgehead atoms. The molecule has 0 radical (unpaired) electrons. The van der Waals surface area contributed by atoms with Crippen LogP contribution in [0.2, 0.25) is 0 Å². The lowest BCUT2D eigenvalue weighted by Gasteiger charge is -2.44. The molecule has 0 aliphatic heterocycles. The first-order chi connectivity index (χ1) is 9.60. The Labute approximate surface area is 126 Å². The molecule has 1 aliphatic rings. The van der Waals surface area contributed by atoms with Gasteiger partial charge in [-0.05, 0) is 39.0 Å². The summed E-state index contributed by atoms with van der Waals surface area (Å²) in [4.78, 5) is 0. The highest BCUT2D eigenvalue weighted by Gasteiger charge is 2.52. The van der Waals surface area contributed by atoms with Crippen LogP contribution in [-0.4, -0.2) is 16.4 Å². The Kier molecular flexibility index (Phi) is 4.76. The number of rotatable bonds is 3. The zero-order valence-electron chi connectivity index (χ0n) is 13.4. The number of hydrogen-bond acceptors (Lipinski definition) is 4. The van der Waals surface area contributed by atoms with E-state index in [1.54, 1.807) is 6.92 Å². The van der Waals surface area contributed by atoms with E-state index >= 15 is 0 Å². The molecule has 1 rings (SSSR count). The molecule has 2 unspecified atom stereocenters. The van der Waals surface area contributed by atoms with Gasteiger partial charge in [0, 0.05) is 5.92 Å². The Hall–Kier alpha value is -1.91. The molecule has 0 aromatic heterocycles. The predicted octanol–water partition coefficient (Wildman–Crippen LogP) is 3.50. The normalized spacial score (nSPS) is 26.1. The highest BCUT2D eigenvalue weighted by Crippen LogP contribution is 2.46. The summed E-state index contributed by atoms with van der Waals surface area (Å²) < 4.78 is 0. The van der Waals surface area contributed by atoms with Gasteiger partial charge in [0.15, 0.2) is 5.60 Å². The minimum absolute atomic E-state index is 0.147. The summed E-state index contributed by atoms with van der Waals surface area (Å²) in [5.41, 5.74) is -0.406. The van der Waals surface area contributed by atoms with Crippen LogP contribution in [0, 0.1) is 39.4 Å². The molecular weight excluding hydrogens is 262 g/mol. The zero-order chi connectivity index (χ0) is 16.4. The lowest BCUT2D eigenvalue weighted by Crippen LogP contribution is -2.53. The van der Waals surface area contributed by atoms with E-state index in [4.69, 9.17) is 10.7 Å². The standard InChI is InChI=1S/C17H23N3O/c1-11(2)6-7-16(4,5)14-8-12(3)13(9-18)15(20)17(14,21)10-19/h6,14,20-21H,7-8H2,1-5H3. The van der Waals surface area contributed by atoms with Crippen molar-refractivity contribution >= 4 is 5.71 Å². The second-order valence-corrected chi connectivity index (χ2v) is 6.75. The molecule has 112 valence electrons. The summed E-state index contributed by atoms with van der Waals surface area (Å²) in [6.07, 6.45) is 3.26. The minimum Gasteiger partial charge on any atom is -0.370 e. The van der Waals surface area contributed by atoms with Crippen LogP contribution in [0.1, 0.15) is 47.5 Å². The second kappa shape index (κ2) is 5.84. The molecule has 4 nitrogen and oxygen atoms in total. The molecule has 1 aliphatic carbocycles. The Bertz CT molecular complexity index is 595. The third kappa shape index (κ3) is 3.06. The van der Waals surface area contributed by atoms with Crippen molar-refractivity contribution in [2.45, 2.75) is 53.1 Å². The number of allylic oxidation sites excluding steroid dienone is 3. The van der Waals surface area contributed by atoms with Crippen molar-refractivity contribution in [1.82, 2.24) is 0 Å². The summed E-state index contributed by atoms with van der Waals surface area (Å²) in [6.45, 7) is 9.81. The fourth-order valence-electron chi connectivity index (χ4n) is 2.87. The Morgan fingerprint density at radius 1 is 1.48 bits per heavy atom. The molecule has 0 saturated carbocycles. The summed E-state index contributed by atoms with van der Waals surface area (Å²) >= 11 is 0. The van der Waals surface area contributed by atoms with E-state index in [-0.39, 0.29) is 16.7 Å². The number of aliphatic hydroxyl groups is 1. The highest BCUT2D eigenvalue weighted by molar-refractivity contribution is 6.10. The number of nitriles is 2. The van der Waals surface area contributed by atoms with Crippen molar-refractivity contribution in [1.29, 1.82) is 15.9 Å². The molecule has 4 heteroatoms. The molecule has 0 aromatic rings. The number of nitrogens with one attached hydrogen (secondary N) is 1. The van der Waals surface area contributed by atoms with Crippen LogP contribution in [0.4, 0.5) is 0 Å². The van der Waals surface area contributed by atoms with Crippen molar-refractivity contribution < 1.29 is 5.11 Å². The van der Waals surface area contributed by atoms with Crippen LogP contribution in [0.15, 0.2) is 22.8 Å². The first-order valence-electron chi connectivity index (χ1n) is 7.06. The first kappa shape index (κ1) is 17.1. The van der Waals surface area contributed by atoms with E-state index in [1.807, 2.05) is 39.8 Å². The Balaban J connectivity index is 3.34.